The molecule has 0 radical (unpaired) electrons. The van der Waals surface area contributed by atoms with E-state index >= 15 is 0 Å². The molecule has 0 aliphatic heterocycles. The average molecular weight is 251 g/mol. The van der Waals surface area contributed by atoms with Gasteiger partial charge in [-0.05, 0) is 19.1 Å². The van der Waals surface area contributed by atoms with Crippen LogP contribution in [0.4, 0.5) is 5.82 Å². The van der Waals surface area contributed by atoms with Gasteiger partial charge in [0, 0.05) is 27.3 Å². The fourth-order valence-electron chi connectivity index (χ4n) is 1.34. The van der Waals surface area contributed by atoms with Crippen molar-refractivity contribution in [2.24, 2.45) is 0 Å². The second kappa shape index (κ2) is 5.48. The Labute approximate surface area is 106 Å². The van der Waals surface area contributed by atoms with E-state index in [1.165, 1.54) is 16.0 Å². The van der Waals surface area contributed by atoms with Gasteiger partial charge in [0.15, 0.2) is 0 Å². The summed E-state index contributed by atoms with van der Waals surface area (Å²) in [6.07, 6.45) is 1.45. The number of nitrogens with zero attached hydrogens (tertiary/aromatic N) is 3. The molecule has 6 nitrogen and oxygen atoms in total. The van der Waals surface area contributed by atoms with Crippen LogP contribution < -0.4 is 4.90 Å². The molecule has 1 amide bonds. The van der Waals surface area contributed by atoms with Crippen molar-refractivity contribution >= 4 is 17.7 Å². The van der Waals surface area contributed by atoms with Crippen LogP contribution in [0.3, 0.4) is 0 Å². The lowest BCUT2D eigenvalue weighted by Gasteiger charge is -2.22. The molecule has 1 rings (SSSR count). The smallest absolute Gasteiger partial charge is 0.326 e. The van der Waals surface area contributed by atoms with Crippen LogP contribution in [-0.4, -0.2) is 54.1 Å². The fraction of sp³-hybridized carbons (Fsp3) is 0.417. The zero-order valence-corrected chi connectivity index (χ0v) is 10.9. The molecule has 18 heavy (non-hydrogen) atoms. The summed E-state index contributed by atoms with van der Waals surface area (Å²) in [7, 11) is 4.97. The van der Waals surface area contributed by atoms with Crippen molar-refractivity contribution in [1.29, 1.82) is 0 Å². The van der Waals surface area contributed by atoms with E-state index in [-0.39, 0.29) is 5.91 Å². The highest BCUT2D eigenvalue weighted by atomic mass is 16.4. The van der Waals surface area contributed by atoms with Crippen molar-refractivity contribution in [1.82, 2.24) is 9.88 Å². The van der Waals surface area contributed by atoms with Gasteiger partial charge in [0.25, 0.3) is 5.91 Å². The first-order valence-electron chi connectivity index (χ1n) is 5.48. The highest BCUT2D eigenvalue weighted by molar-refractivity contribution is 5.93. The summed E-state index contributed by atoms with van der Waals surface area (Å²) in [6, 6.07) is 2.60. The van der Waals surface area contributed by atoms with Crippen molar-refractivity contribution in [2.75, 3.05) is 26.0 Å². The largest absolute Gasteiger partial charge is 0.480 e. The van der Waals surface area contributed by atoms with Crippen molar-refractivity contribution in [3.63, 3.8) is 0 Å². The fourth-order valence-corrected chi connectivity index (χ4v) is 1.34. The summed E-state index contributed by atoms with van der Waals surface area (Å²) < 4.78 is 0. The minimum absolute atomic E-state index is 0.136. The van der Waals surface area contributed by atoms with Crippen molar-refractivity contribution in [3.05, 3.63) is 23.9 Å². The minimum Gasteiger partial charge on any atom is -0.480 e. The van der Waals surface area contributed by atoms with Gasteiger partial charge in [0.2, 0.25) is 0 Å². The van der Waals surface area contributed by atoms with Crippen molar-refractivity contribution in [3.8, 4) is 0 Å². The Morgan fingerprint density at radius 2 is 1.89 bits per heavy atom. The van der Waals surface area contributed by atoms with Gasteiger partial charge in [-0.3, -0.25) is 4.79 Å². The summed E-state index contributed by atoms with van der Waals surface area (Å²) >= 11 is 0. The normalized spacial score (nSPS) is 11.8. The number of aliphatic carboxylic acids is 1. The maximum Gasteiger partial charge on any atom is 0.326 e. The molecule has 1 aromatic heterocycles. The molecule has 0 spiro atoms. The predicted molar refractivity (Wildman–Crippen MR) is 67.8 cm³/mol. The molecule has 1 N–H and O–H groups in total. The van der Waals surface area contributed by atoms with Gasteiger partial charge in [-0.15, -0.1) is 0 Å². The molecule has 1 unspecified atom stereocenters. The van der Waals surface area contributed by atoms with Gasteiger partial charge in [0.1, 0.15) is 11.9 Å². The Morgan fingerprint density at radius 1 is 1.28 bits per heavy atom. The molecule has 0 saturated heterocycles. The van der Waals surface area contributed by atoms with Crippen LogP contribution >= 0.6 is 0 Å². The van der Waals surface area contributed by atoms with Crippen LogP contribution in [0.1, 0.15) is 17.3 Å². The zero-order valence-electron chi connectivity index (χ0n) is 10.9. The van der Waals surface area contributed by atoms with Crippen LogP contribution in [0.2, 0.25) is 0 Å². The van der Waals surface area contributed by atoms with Crippen LogP contribution in [0.5, 0.6) is 0 Å². The average Bonchev–Trinajstić information content (AvgIpc) is 2.36. The van der Waals surface area contributed by atoms with E-state index in [1.54, 1.807) is 40.2 Å². The number of carbonyl (C=O) groups excluding carboxylic acids is 1. The number of amides is 1. The monoisotopic (exact) mass is 251 g/mol. The number of pyridine rings is 1. The third-order valence-electron chi connectivity index (χ3n) is 2.70. The summed E-state index contributed by atoms with van der Waals surface area (Å²) in [5.41, 5.74) is 0.472. The van der Waals surface area contributed by atoms with Crippen LogP contribution in [-0.2, 0) is 4.79 Å². The van der Waals surface area contributed by atoms with E-state index in [4.69, 9.17) is 5.11 Å². The van der Waals surface area contributed by atoms with E-state index < -0.39 is 12.0 Å². The molecular formula is C12H17N3O3. The molecule has 0 aromatic carbocycles. The number of hydrogen-bond donors (Lipinski definition) is 1. The number of carboxylic acids is 1. The van der Waals surface area contributed by atoms with Crippen molar-refractivity contribution in [2.45, 2.75) is 13.0 Å². The number of carboxylic acid groups (broad SMARTS) is 1. The summed E-state index contributed by atoms with van der Waals surface area (Å²) in [4.78, 5) is 29.6. The number of anilines is 1. The van der Waals surface area contributed by atoms with Crippen LogP contribution in [0.15, 0.2) is 18.3 Å². The highest BCUT2D eigenvalue weighted by Gasteiger charge is 2.18. The Balaban J connectivity index is 2.89. The van der Waals surface area contributed by atoms with Gasteiger partial charge in [-0.2, -0.15) is 0 Å². The highest BCUT2D eigenvalue weighted by Crippen LogP contribution is 2.13. The standard InChI is InChI=1S/C12H17N3O3/c1-8(12(17)18)15(4)10-6-5-9(7-13-10)11(16)14(2)3/h5-8H,1-4H3,(H,17,18). The first-order valence-corrected chi connectivity index (χ1v) is 5.48. The topological polar surface area (TPSA) is 73.7 Å². The van der Waals surface area contributed by atoms with Gasteiger partial charge in [0.05, 0.1) is 5.56 Å². The van der Waals surface area contributed by atoms with Gasteiger partial charge in [-0.1, -0.05) is 0 Å². The molecule has 0 saturated carbocycles. The van der Waals surface area contributed by atoms with Gasteiger partial charge < -0.3 is 14.9 Å². The Bertz CT molecular complexity index is 442. The Kier molecular flexibility index (Phi) is 4.25. The van der Waals surface area contributed by atoms with Crippen molar-refractivity contribution < 1.29 is 14.7 Å². The van der Waals surface area contributed by atoms with E-state index in [9.17, 15) is 9.59 Å². The number of rotatable bonds is 4. The first-order chi connectivity index (χ1) is 8.34. The summed E-state index contributed by atoms with van der Waals surface area (Å²) in [6.45, 7) is 1.57. The number of hydrogen-bond acceptors (Lipinski definition) is 4. The Morgan fingerprint density at radius 3 is 2.28 bits per heavy atom. The zero-order chi connectivity index (χ0) is 13.9. The van der Waals surface area contributed by atoms with Crippen LogP contribution in [0.25, 0.3) is 0 Å². The first kappa shape index (κ1) is 14.0. The third kappa shape index (κ3) is 2.97. The lowest BCUT2D eigenvalue weighted by atomic mass is 10.2. The Hall–Kier alpha value is -2.11. The molecule has 0 fully saturated rings. The molecule has 0 bridgehead atoms. The third-order valence-corrected chi connectivity index (χ3v) is 2.70. The molecule has 1 atom stereocenters. The lowest BCUT2D eigenvalue weighted by Crippen LogP contribution is -2.36. The quantitative estimate of drug-likeness (QED) is 0.852. The molecule has 0 aliphatic carbocycles. The van der Waals surface area contributed by atoms with E-state index in [2.05, 4.69) is 4.98 Å². The number of carbonyl (C=O) groups is 2. The molecule has 6 heteroatoms. The molecule has 1 heterocycles. The second-order valence-electron chi connectivity index (χ2n) is 4.23. The minimum atomic E-state index is -0.923. The maximum absolute atomic E-state index is 11.6. The predicted octanol–water partition coefficient (Wildman–Crippen LogP) is 0.693. The van der Waals surface area contributed by atoms with E-state index in [1.807, 2.05) is 0 Å². The number of likely N-dealkylation sites (N-methyl/N-ethyl adjacent to an activating group) is 1. The second-order valence-corrected chi connectivity index (χ2v) is 4.23. The van der Waals surface area contributed by atoms with E-state index in [0.29, 0.717) is 11.4 Å². The molecule has 1 aromatic rings. The summed E-state index contributed by atoms with van der Waals surface area (Å²) in [5, 5.41) is 8.90. The lowest BCUT2D eigenvalue weighted by molar-refractivity contribution is -0.138. The van der Waals surface area contributed by atoms with Gasteiger partial charge >= 0.3 is 5.97 Å². The van der Waals surface area contributed by atoms with Gasteiger partial charge in [-0.25, -0.2) is 9.78 Å². The number of aromatic nitrogens is 1. The molecular weight excluding hydrogens is 234 g/mol. The molecule has 0 aliphatic rings. The molecule has 98 valence electrons. The van der Waals surface area contributed by atoms with E-state index in [0.717, 1.165) is 0 Å². The summed E-state index contributed by atoms with van der Waals surface area (Å²) in [5.74, 6) is -0.545. The SMILES string of the molecule is CC(C(=O)O)N(C)c1ccc(C(=O)N(C)C)cn1. The maximum atomic E-state index is 11.6. The van der Waals surface area contributed by atoms with Crippen LogP contribution in [0, 0.1) is 0 Å².